The SMILES string of the molecule is Nn1ccc2c(=O)[nH]cnc21. The van der Waals surface area contributed by atoms with Crippen LogP contribution in [0, 0.1) is 0 Å². The summed E-state index contributed by atoms with van der Waals surface area (Å²) in [5.41, 5.74) is 0.327. The van der Waals surface area contributed by atoms with Crippen LogP contribution in [0.3, 0.4) is 0 Å². The van der Waals surface area contributed by atoms with Gasteiger partial charge >= 0.3 is 0 Å². The molecule has 0 unspecified atom stereocenters. The maximum absolute atomic E-state index is 11.0. The van der Waals surface area contributed by atoms with Gasteiger partial charge in [0.1, 0.15) is 0 Å². The summed E-state index contributed by atoms with van der Waals surface area (Å²) in [6.45, 7) is 0. The second-order valence-electron chi connectivity index (χ2n) is 2.19. The molecule has 0 aliphatic rings. The highest BCUT2D eigenvalue weighted by Crippen LogP contribution is 2.02. The van der Waals surface area contributed by atoms with E-state index in [4.69, 9.17) is 5.84 Å². The van der Waals surface area contributed by atoms with Gasteiger partial charge in [-0.1, -0.05) is 0 Å². The standard InChI is InChI=1S/C6H6N4O/c7-10-2-1-4-5(10)8-3-9-6(4)11/h1-3H,7H2,(H,8,9,11). The number of H-pyrrole nitrogens is 1. The van der Waals surface area contributed by atoms with E-state index >= 15 is 0 Å². The maximum Gasteiger partial charge on any atom is 0.260 e. The first-order chi connectivity index (χ1) is 5.29. The lowest BCUT2D eigenvalue weighted by Gasteiger charge is -1.91. The molecule has 0 fully saturated rings. The zero-order valence-electron chi connectivity index (χ0n) is 5.61. The number of rotatable bonds is 0. The molecule has 0 aliphatic carbocycles. The average molecular weight is 150 g/mol. The highest BCUT2D eigenvalue weighted by Gasteiger charge is 2.00. The summed E-state index contributed by atoms with van der Waals surface area (Å²) in [5.74, 6) is 5.45. The maximum atomic E-state index is 11.0. The van der Waals surface area contributed by atoms with Gasteiger partial charge in [-0.3, -0.25) is 9.47 Å². The van der Waals surface area contributed by atoms with E-state index in [1.807, 2.05) is 0 Å². The molecule has 2 heterocycles. The molecule has 0 saturated heterocycles. The first kappa shape index (κ1) is 5.96. The van der Waals surface area contributed by atoms with Gasteiger partial charge < -0.3 is 10.8 Å². The van der Waals surface area contributed by atoms with Gasteiger partial charge in [0.05, 0.1) is 11.7 Å². The number of nitrogens with one attached hydrogen (secondary N) is 1. The highest BCUT2D eigenvalue weighted by molar-refractivity contribution is 5.74. The van der Waals surface area contributed by atoms with Gasteiger partial charge in [-0.25, -0.2) is 4.98 Å². The number of aromatic nitrogens is 3. The van der Waals surface area contributed by atoms with Crippen molar-refractivity contribution >= 4 is 11.0 Å². The molecule has 3 N–H and O–H groups in total. The number of hydrogen-bond acceptors (Lipinski definition) is 3. The fourth-order valence-electron chi connectivity index (χ4n) is 0.982. The molecule has 0 bridgehead atoms. The predicted molar refractivity (Wildman–Crippen MR) is 40.5 cm³/mol. The lowest BCUT2D eigenvalue weighted by Crippen LogP contribution is -2.10. The Balaban J connectivity index is 3.06. The van der Waals surface area contributed by atoms with E-state index in [2.05, 4.69) is 9.97 Å². The van der Waals surface area contributed by atoms with Crippen molar-refractivity contribution in [1.29, 1.82) is 0 Å². The molecule has 11 heavy (non-hydrogen) atoms. The second-order valence-corrected chi connectivity index (χ2v) is 2.19. The largest absolute Gasteiger partial charge is 0.338 e. The van der Waals surface area contributed by atoms with Crippen LogP contribution in [0.25, 0.3) is 11.0 Å². The van der Waals surface area contributed by atoms with Crippen LogP contribution in [0.1, 0.15) is 0 Å². The van der Waals surface area contributed by atoms with Crippen molar-refractivity contribution in [2.75, 3.05) is 5.84 Å². The molecule has 2 rings (SSSR count). The lowest BCUT2D eigenvalue weighted by molar-refractivity contribution is 1.02. The van der Waals surface area contributed by atoms with Crippen molar-refractivity contribution in [2.24, 2.45) is 0 Å². The first-order valence-electron chi connectivity index (χ1n) is 3.09. The van der Waals surface area contributed by atoms with E-state index in [1.54, 1.807) is 12.3 Å². The Morgan fingerprint density at radius 3 is 3.18 bits per heavy atom. The van der Waals surface area contributed by atoms with Gasteiger partial charge in [0.2, 0.25) is 0 Å². The van der Waals surface area contributed by atoms with Crippen molar-refractivity contribution < 1.29 is 0 Å². The van der Waals surface area contributed by atoms with Gasteiger partial charge in [-0.2, -0.15) is 0 Å². The molecule has 0 amide bonds. The minimum atomic E-state index is -0.167. The summed E-state index contributed by atoms with van der Waals surface area (Å²) in [7, 11) is 0. The minimum absolute atomic E-state index is 0.167. The first-order valence-corrected chi connectivity index (χ1v) is 3.09. The van der Waals surface area contributed by atoms with E-state index in [0.717, 1.165) is 0 Å². The lowest BCUT2D eigenvalue weighted by atomic mass is 10.4. The van der Waals surface area contributed by atoms with Gasteiger partial charge in [0, 0.05) is 6.20 Å². The Hall–Kier alpha value is -1.78. The van der Waals surface area contributed by atoms with Crippen LogP contribution >= 0.6 is 0 Å². The average Bonchev–Trinajstić information content (AvgIpc) is 2.35. The Bertz CT molecular complexity index is 441. The smallest absolute Gasteiger partial charge is 0.260 e. The van der Waals surface area contributed by atoms with Gasteiger partial charge in [-0.05, 0) is 6.07 Å². The van der Waals surface area contributed by atoms with Crippen LogP contribution in [0.5, 0.6) is 0 Å². The molecule has 0 atom stereocenters. The number of aromatic amines is 1. The second kappa shape index (κ2) is 1.85. The number of nitrogens with two attached hydrogens (primary N) is 1. The molecule has 0 aromatic carbocycles. The molecular formula is C6H6N4O. The molecule has 0 saturated carbocycles. The summed E-state index contributed by atoms with van der Waals surface area (Å²) in [6.07, 6.45) is 2.92. The molecule has 0 radical (unpaired) electrons. The molecule has 56 valence electrons. The van der Waals surface area contributed by atoms with Crippen molar-refractivity contribution in [3.8, 4) is 0 Å². The highest BCUT2D eigenvalue weighted by atomic mass is 16.1. The van der Waals surface area contributed by atoms with Crippen LogP contribution in [-0.4, -0.2) is 14.6 Å². The van der Waals surface area contributed by atoms with Crippen LogP contribution in [0.15, 0.2) is 23.4 Å². The number of nitrogens with zero attached hydrogens (tertiary/aromatic N) is 2. The Labute approximate surface area is 61.4 Å². The fraction of sp³-hybridized carbons (Fsp3) is 0. The number of nitrogen functional groups attached to an aromatic ring is 1. The van der Waals surface area contributed by atoms with Crippen molar-refractivity contribution in [2.45, 2.75) is 0 Å². The van der Waals surface area contributed by atoms with Gasteiger partial charge in [0.15, 0.2) is 5.65 Å². The van der Waals surface area contributed by atoms with E-state index in [-0.39, 0.29) is 5.56 Å². The Morgan fingerprint density at radius 1 is 1.64 bits per heavy atom. The number of hydrogen-bond donors (Lipinski definition) is 2. The minimum Gasteiger partial charge on any atom is -0.338 e. The van der Waals surface area contributed by atoms with Crippen molar-refractivity contribution in [3.05, 3.63) is 28.9 Å². The quantitative estimate of drug-likeness (QED) is 0.494. The van der Waals surface area contributed by atoms with Crippen molar-refractivity contribution in [1.82, 2.24) is 14.6 Å². The molecule has 2 aromatic heterocycles. The van der Waals surface area contributed by atoms with Gasteiger partial charge in [-0.15, -0.1) is 0 Å². The third kappa shape index (κ3) is 0.706. The van der Waals surface area contributed by atoms with Crippen LogP contribution in [0.4, 0.5) is 0 Å². The van der Waals surface area contributed by atoms with Crippen molar-refractivity contribution in [3.63, 3.8) is 0 Å². The van der Waals surface area contributed by atoms with Crippen LogP contribution in [0.2, 0.25) is 0 Å². The predicted octanol–water partition coefficient (Wildman–Crippen LogP) is -0.562. The topological polar surface area (TPSA) is 76.7 Å². The molecule has 5 nitrogen and oxygen atoms in total. The van der Waals surface area contributed by atoms with Gasteiger partial charge in [0.25, 0.3) is 5.56 Å². The van der Waals surface area contributed by atoms with E-state index in [0.29, 0.717) is 11.0 Å². The molecule has 2 aromatic rings. The molecular weight excluding hydrogens is 144 g/mol. The van der Waals surface area contributed by atoms with E-state index in [9.17, 15) is 4.79 Å². The number of fused-ring (bicyclic) bond motifs is 1. The normalized spacial score (nSPS) is 10.5. The van der Waals surface area contributed by atoms with Crippen LogP contribution < -0.4 is 11.4 Å². The van der Waals surface area contributed by atoms with E-state index < -0.39 is 0 Å². The monoisotopic (exact) mass is 150 g/mol. The summed E-state index contributed by atoms with van der Waals surface area (Å²) in [4.78, 5) is 17.4. The van der Waals surface area contributed by atoms with Crippen LogP contribution in [-0.2, 0) is 0 Å². The third-order valence-corrected chi connectivity index (χ3v) is 1.51. The summed E-state index contributed by atoms with van der Waals surface area (Å²) >= 11 is 0. The molecule has 5 heteroatoms. The molecule has 0 aliphatic heterocycles. The summed E-state index contributed by atoms with van der Waals surface area (Å²) in [6, 6.07) is 1.63. The zero-order valence-corrected chi connectivity index (χ0v) is 5.61. The van der Waals surface area contributed by atoms with E-state index in [1.165, 1.54) is 11.0 Å². The molecule has 0 spiro atoms. The summed E-state index contributed by atoms with van der Waals surface area (Å²) in [5, 5.41) is 0.509. The summed E-state index contributed by atoms with van der Waals surface area (Å²) < 4.78 is 1.31. The third-order valence-electron chi connectivity index (χ3n) is 1.51. The fourth-order valence-corrected chi connectivity index (χ4v) is 0.982. The Morgan fingerprint density at radius 2 is 2.45 bits per heavy atom. The Kier molecular flexibility index (Phi) is 1.00. The zero-order chi connectivity index (χ0) is 7.84.